The van der Waals surface area contributed by atoms with Gasteiger partial charge in [0.1, 0.15) is 11.5 Å². The van der Waals surface area contributed by atoms with Crippen LogP contribution in [0.2, 0.25) is 0 Å². The number of thioether (sulfide) groups is 1. The molecule has 0 spiro atoms. The maximum absolute atomic E-state index is 11.9. The highest BCUT2D eigenvalue weighted by Gasteiger charge is 2.12. The van der Waals surface area contributed by atoms with E-state index in [1.807, 2.05) is 44.2 Å². The first-order valence-corrected chi connectivity index (χ1v) is 8.65. The van der Waals surface area contributed by atoms with Crippen LogP contribution in [0, 0.1) is 6.92 Å². The summed E-state index contributed by atoms with van der Waals surface area (Å²) in [6.07, 6.45) is 1.49. The minimum absolute atomic E-state index is 0.125. The van der Waals surface area contributed by atoms with Crippen LogP contribution in [-0.4, -0.2) is 17.4 Å². The highest BCUT2D eigenvalue weighted by Crippen LogP contribution is 2.19. The number of carbonyl (C=O) groups is 1. The zero-order valence-electron chi connectivity index (χ0n) is 12.4. The Bertz CT molecular complexity index is 636. The van der Waals surface area contributed by atoms with E-state index in [2.05, 4.69) is 26.5 Å². The smallest absolute Gasteiger partial charge is 0.252 e. The Morgan fingerprint density at radius 2 is 2.18 bits per heavy atom. The Morgan fingerprint density at radius 3 is 2.82 bits per heavy atom. The summed E-state index contributed by atoms with van der Waals surface area (Å²) in [5.41, 5.74) is 3.73. The van der Waals surface area contributed by atoms with Gasteiger partial charge in [0.05, 0.1) is 15.9 Å². The summed E-state index contributed by atoms with van der Waals surface area (Å²) in [6, 6.07) is 11.9. The first kappa shape index (κ1) is 16.8. The standard InChI is InChI=1S/C16H17BrN2O2S/c1-11-15(17)8-14(21-11)9-18-19-16(20)12(2)22-10-13-6-4-3-5-7-13/h3-9,12H,10H2,1-2H3,(H,19,20)/b18-9-/t12-/m0/s1. The van der Waals surface area contributed by atoms with Crippen molar-refractivity contribution in [1.82, 2.24) is 5.43 Å². The summed E-state index contributed by atoms with van der Waals surface area (Å²) in [6.45, 7) is 3.72. The van der Waals surface area contributed by atoms with E-state index < -0.39 is 0 Å². The fourth-order valence-electron chi connectivity index (χ4n) is 1.67. The van der Waals surface area contributed by atoms with Crippen LogP contribution in [0.25, 0.3) is 0 Å². The predicted molar refractivity (Wildman–Crippen MR) is 94.1 cm³/mol. The average molecular weight is 381 g/mol. The Morgan fingerprint density at radius 1 is 1.45 bits per heavy atom. The number of nitrogens with one attached hydrogen (secondary N) is 1. The number of hydrogen-bond acceptors (Lipinski definition) is 4. The SMILES string of the molecule is Cc1oc(/C=N\NC(=O)[C@H](C)SCc2ccccc2)cc1Br. The molecule has 0 aliphatic rings. The molecule has 116 valence electrons. The van der Waals surface area contributed by atoms with Crippen molar-refractivity contribution in [3.8, 4) is 0 Å². The van der Waals surface area contributed by atoms with Crippen LogP contribution < -0.4 is 5.43 Å². The van der Waals surface area contributed by atoms with Crippen LogP contribution in [0.4, 0.5) is 0 Å². The molecule has 2 aromatic rings. The van der Waals surface area contributed by atoms with E-state index in [-0.39, 0.29) is 11.2 Å². The highest BCUT2D eigenvalue weighted by molar-refractivity contribution is 9.10. The molecule has 1 amide bonds. The molecule has 0 fully saturated rings. The third kappa shape index (κ3) is 5.03. The van der Waals surface area contributed by atoms with E-state index in [9.17, 15) is 4.79 Å². The second-order valence-corrected chi connectivity index (χ2v) is 6.91. The molecule has 0 saturated carbocycles. The lowest BCUT2D eigenvalue weighted by atomic mass is 10.2. The minimum Gasteiger partial charge on any atom is -0.459 e. The van der Waals surface area contributed by atoms with E-state index in [1.54, 1.807) is 17.8 Å². The van der Waals surface area contributed by atoms with Gasteiger partial charge in [0.15, 0.2) is 0 Å². The second-order valence-electron chi connectivity index (χ2n) is 4.73. The van der Waals surface area contributed by atoms with Crippen molar-refractivity contribution in [1.29, 1.82) is 0 Å². The number of furan rings is 1. The summed E-state index contributed by atoms with van der Waals surface area (Å²) in [7, 11) is 0. The molecule has 0 aliphatic carbocycles. The van der Waals surface area contributed by atoms with Gasteiger partial charge in [-0.15, -0.1) is 11.8 Å². The average Bonchev–Trinajstić information content (AvgIpc) is 2.84. The normalized spacial score (nSPS) is 12.5. The van der Waals surface area contributed by atoms with Crippen LogP contribution in [0.1, 0.15) is 24.0 Å². The monoisotopic (exact) mass is 380 g/mol. The maximum Gasteiger partial charge on any atom is 0.252 e. The molecule has 1 aromatic heterocycles. The molecular weight excluding hydrogens is 364 g/mol. The lowest BCUT2D eigenvalue weighted by molar-refractivity contribution is -0.120. The Hall–Kier alpha value is -1.53. The molecule has 0 aliphatic heterocycles. The van der Waals surface area contributed by atoms with Crippen molar-refractivity contribution >= 4 is 39.8 Å². The van der Waals surface area contributed by atoms with Gasteiger partial charge in [0.2, 0.25) is 0 Å². The maximum atomic E-state index is 11.9. The zero-order chi connectivity index (χ0) is 15.9. The fourth-order valence-corrected chi connectivity index (χ4v) is 2.81. The number of rotatable bonds is 6. The molecule has 1 heterocycles. The Kier molecular flexibility index (Phi) is 6.27. The molecule has 4 nitrogen and oxygen atoms in total. The van der Waals surface area contributed by atoms with Crippen molar-refractivity contribution in [3.05, 3.63) is 58.0 Å². The first-order chi connectivity index (χ1) is 10.6. The number of nitrogens with zero attached hydrogens (tertiary/aromatic N) is 1. The van der Waals surface area contributed by atoms with Crippen LogP contribution in [-0.2, 0) is 10.5 Å². The fraction of sp³-hybridized carbons (Fsp3) is 0.250. The van der Waals surface area contributed by atoms with E-state index in [0.29, 0.717) is 5.76 Å². The molecular formula is C16H17BrN2O2S. The molecule has 0 bridgehead atoms. The number of hydrogen-bond donors (Lipinski definition) is 1. The van der Waals surface area contributed by atoms with Gasteiger partial charge in [-0.25, -0.2) is 5.43 Å². The van der Waals surface area contributed by atoms with Gasteiger partial charge in [-0.2, -0.15) is 5.10 Å². The lowest BCUT2D eigenvalue weighted by Crippen LogP contribution is -2.26. The molecule has 6 heteroatoms. The number of halogens is 1. The summed E-state index contributed by atoms with van der Waals surface area (Å²) < 4.78 is 6.29. The molecule has 0 radical (unpaired) electrons. The van der Waals surface area contributed by atoms with Crippen molar-refractivity contribution in [2.24, 2.45) is 5.10 Å². The van der Waals surface area contributed by atoms with Crippen LogP contribution in [0.3, 0.4) is 0 Å². The van der Waals surface area contributed by atoms with Crippen molar-refractivity contribution in [2.45, 2.75) is 24.9 Å². The summed E-state index contributed by atoms with van der Waals surface area (Å²) in [5.74, 6) is 2.04. The van der Waals surface area contributed by atoms with Crippen molar-refractivity contribution in [2.75, 3.05) is 0 Å². The van der Waals surface area contributed by atoms with Gasteiger partial charge in [0, 0.05) is 11.8 Å². The van der Waals surface area contributed by atoms with Gasteiger partial charge >= 0.3 is 0 Å². The van der Waals surface area contributed by atoms with Crippen LogP contribution in [0.5, 0.6) is 0 Å². The largest absolute Gasteiger partial charge is 0.459 e. The third-order valence-corrected chi connectivity index (χ3v) is 4.96. The van der Waals surface area contributed by atoms with E-state index in [1.165, 1.54) is 11.8 Å². The zero-order valence-corrected chi connectivity index (χ0v) is 14.8. The van der Waals surface area contributed by atoms with Gasteiger partial charge in [0.25, 0.3) is 5.91 Å². The van der Waals surface area contributed by atoms with Crippen LogP contribution in [0.15, 0.2) is 50.4 Å². The minimum atomic E-state index is -0.178. The number of aryl methyl sites for hydroxylation is 1. The molecule has 1 atom stereocenters. The second kappa shape index (κ2) is 8.19. The van der Waals surface area contributed by atoms with Crippen molar-refractivity contribution < 1.29 is 9.21 Å². The summed E-state index contributed by atoms with van der Waals surface area (Å²) >= 11 is 4.93. The molecule has 22 heavy (non-hydrogen) atoms. The third-order valence-electron chi connectivity index (χ3n) is 2.95. The van der Waals surface area contributed by atoms with Gasteiger partial charge in [-0.05, 0) is 35.3 Å². The van der Waals surface area contributed by atoms with E-state index in [0.717, 1.165) is 16.0 Å². The van der Waals surface area contributed by atoms with Crippen molar-refractivity contribution in [3.63, 3.8) is 0 Å². The van der Waals surface area contributed by atoms with E-state index >= 15 is 0 Å². The predicted octanol–water partition coefficient (Wildman–Crippen LogP) is 4.12. The van der Waals surface area contributed by atoms with Gasteiger partial charge in [-0.1, -0.05) is 30.3 Å². The number of carbonyl (C=O) groups excluding carboxylic acids is 1. The lowest BCUT2D eigenvalue weighted by Gasteiger charge is -2.09. The molecule has 1 N–H and O–H groups in total. The topological polar surface area (TPSA) is 54.6 Å². The Balaban J connectivity index is 1.78. The molecule has 1 aromatic carbocycles. The Labute approximate surface area is 142 Å². The number of amides is 1. The number of hydrazone groups is 1. The molecule has 2 rings (SSSR count). The summed E-state index contributed by atoms with van der Waals surface area (Å²) in [5, 5.41) is 3.74. The van der Waals surface area contributed by atoms with Crippen LogP contribution >= 0.6 is 27.7 Å². The number of benzene rings is 1. The quantitative estimate of drug-likeness (QED) is 0.605. The molecule has 0 saturated heterocycles. The van der Waals surface area contributed by atoms with E-state index in [4.69, 9.17) is 4.42 Å². The highest BCUT2D eigenvalue weighted by atomic mass is 79.9. The van der Waals surface area contributed by atoms with Gasteiger partial charge in [-0.3, -0.25) is 4.79 Å². The molecule has 0 unspecified atom stereocenters. The summed E-state index contributed by atoms with van der Waals surface area (Å²) in [4.78, 5) is 11.9. The van der Waals surface area contributed by atoms with Gasteiger partial charge < -0.3 is 4.42 Å². The first-order valence-electron chi connectivity index (χ1n) is 6.80.